The molecule has 1 saturated heterocycles. The molecule has 5 N–H and O–H groups in total. The molecule has 0 bridgehead atoms. The third kappa shape index (κ3) is 12.0. The SMILES string of the molecule is CC(C)C[C@H](NC(=O)Cc1ccccc1)C(=O)N[C@@H](CC(=O)O)C(=O)N[C@@H](Cc1ccccc1)C(=O)N1CCN(CC(=O)O)CC1. The highest BCUT2D eigenvalue weighted by Crippen LogP contribution is 2.11. The molecule has 4 amide bonds. The quantitative estimate of drug-likeness (QED) is 0.177. The zero-order chi connectivity index (χ0) is 33.6. The first-order chi connectivity index (χ1) is 21.9. The van der Waals surface area contributed by atoms with Crippen LogP contribution in [0.15, 0.2) is 60.7 Å². The van der Waals surface area contributed by atoms with E-state index in [1.54, 1.807) is 53.4 Å². The number of carboxylic acids is 2. The molecule has 0 aromatic heterocycles. The fourth-order valence-corrected chi connectivity index (χ4v) is 5.25. The van der Waals surface area contributed by atoms with E-state index >= 15 is 0 Å². The zero-order valence-electron chi connectivity index (χ0n) is 26.2. The van der Waals surface area contributed by atoms with Crippen molar-refractivity contribution in [2.45, 2.75) is 57.7 Å². The summed E-state index contributed by atoms with van der Waals surface area (Å²) < 4.78 is 0. The maximum Gasteiger partial charge on any atom is 0.317 e. The van der Waals surface area contributed by atoms with Crippen molar-refractivity contribution in [3.8, 4) is 0 Å². The molecule has 46 heavy (non-hydrogen) atoms. The maximum atomic E-state index is 13.7. The van der Waals surface area contributed by atoms with E-state index in [0.29, 0.717) is 13.1 Å². The van der Waals surface area contributed by atoms with Crippen molar-refractivity contribution in [2.24, 2.45) is 5.92 Å². The number of nitrogens with one attached hydrogen (secondary N) is 3. The van der Waals surface area contributed by atoms with E-state index in [1.807, 2.05) is 26.0 Å². The van der Waals surface area contributed by atoms with Crippen LogP contribution in [0.5, 0.6) is 0 Å². The third-order valence-electron chi connectivity index (χ3n) is 7.52. The summed E-state index contributed by atoms with van der Waals surface area (Å²) in [6.07, 6.45) is -0.351. The number of carboxylic acid groups (broad SMARTS) is 2. The van der Waals surface area contributed by atoms with Crippen LogP contribution in [0.2, 0.25) is 0 Å². The van der Waals surface area contributed by atoms with Gasteiger partial charge in [0.1, 0.15) is 18.1 Å². The molecule has 0 aliphatic carbocycles. The Morgan fingerprint density at radius 2 is 1.24 bits per heavy atom. The number of rotatable bonds is 16. The number of piperazine rings is 1. The maximum absolute atomic E-state index is 13.7. The van der Waals surface area contributed by atoms with E-state index in [9.17, 15) is 33.9 Å². The molecule has 13 heteroatoms. The summed E-state index contributed by atoms with van der Waals surface area (Å²) in [6, 6.07) is 14.3. The number of carbonyl (C=O) groups excluding carboxylic acids is 4. The summed E-state index contributed by atoms with van der Waals surface area (Å²) in [5.74, 6) is -4.68. The van der Waals surface area contributed by atoms with E-state index < -0.39 is 60.1 Å². The van der Waals surface area contributed by atoms with E-state index in [0.717, 1.165) is 11.1 Å². The fourth-order valence-electron chi connectivity index (χ4n) is 5.25. The second-order valence-corrected chi connectivity index (χ2v) is 11.8. The lowest BCUT2D eigenvalue weighted by Gasteiger charge is -2.36. The molecule has 1 aliphatic rings. The molecule has 3 atom stereocenters. The van der Waals surface area contributed by atoms with Crippen molar-refractivity contribution in [2.75, 3.05) is 32.7 Å². The Labute approximate surface area is 268 Å². The standard InChI is InChI=1S/C33H43N5O8/c1-22(2)17-25(34-28(39)19-24-11-7-4-8-12-24)31(44)35-26(20-29(40)41)32(45)36-27(18-23-9-5-3-6-10-23)33(46)38-15-13-37(14-16-38)21-30(42)43/h3-12,22,25-27H,13-21H2,1-2H3,(H,34,39)(H,35,44)(H,36,45)(H,40,41)(H,42,43)/t25-,26-,27-/m0/s1. The van der Waals surface area contributed by atoms with Crippen molar-refractivity contribution < 1.29 is 39.0 Å². The van der Waals surface area contributed by atoms with Crippen LogP contribution in [0, 0.1) is 5.92 Å². The Kier molecular flexibility index (Phi) is 13.7. The van der Waals surface area contributed by atoms with Gasteiger partial charge in [0, 0.05) is 32.6 Å². The molecule has 2 aromatic rings. The zero-order valence-corrected chi connectivity index (χ0v) is 26.2. The highest BCUT2D eigenvalue weighted by molar-refractivity contribution is 5.96. The van der Waals surface area contributed by atoms with Gasteiger partial charge in [-0.15, -0.1) is 0 Å². The summed E-state index contributed by atoms with van der Waals surface area (Å²) in [5.41, 5.74) is 1.51. The highest BCUT2D eigenvalue weighted by atomic mass is 16.4. The van der Waals surface area contributed by atoms with Crippen LogP contribution in [0.1, 0.15) is 37.8 Å². The van der Waals surface area contributed by atoms with Crippen molar-refractivity contribution in [1.82, 2.24) is 25.8 Å². The van der Waals surface area contributed by atoms with Gasteiger partial charge >= 0.3 is 11.9 Å². The summed E-state index contributed by atoms with van der Waals surface area (Å²) in [7, 11) is 0. The van der Waals surface area contributed by atoms with Crippen molar-refractivity contribution >= 4 is 35.6 Å². The van der Waals surface area contributed by atoms with Gasteiger partial charge in [0.15, 0.2) is 0 Å². The van der Waals surface area contributed by atoms with Gasteiger partial charge in [-0.25, -0.2) is 0 Å². The predicted octanol–water partition coefficient (Wildman–Crippen LogP) is 0.676. The molecule has 0 saturated carbocycles. The molecular formula is C33H43N5O8. The van der Waals surface area contributed by atoms with Crippen LogP contribution in [0.3, 0.4) is 0 Å². The van der Waals surface area contributed by atoms with Crippen molar-refractivity contribution in [3.05, 3.63) is 71.8 Å². The Morgan fingerprint density at radius 3 is 1.78 bits per heavy atom. The molecule has 0 spiro atoms. The van der Waals surface area contributed by atoms with Crippen LogP contribution in [0.4, 0.5) is 0 Å². The van der Waals surface area contributed by atoms with Crippen LogP contribution in [0.25, 0.3) is 0 Å². The van der Waals surface area contributed by atoms with Crippen LogP contribution in [-0.2, 0) is 41.6 Å². The molecule has 0 unspecified atom stereocenters. The lowest BCUT2D eigenvalue weighted by molar-refractivity contribution is -0.142. The molecule has 3 rings (SSSR count). The fraction of sp³-hybridized carbons (Fsp3) is 0.455. The van der Waals surface area contributed by atoms with Crippen molar-refractivity contribution in [3.63, 3.8) is 0 Å². The number of hydrogen-bond acceptors (Lipinski definition) is 7. The Bertz CT molecular complexity index is 1350. The van der Waals surface area contributed by atoms with E-state index in [4.69, 9.17) is 5.11 Å². The number of benzene rings is 2. The molecule has 1 aliphatic heterocycles. The Balaban J connectivity index is 1.75. The minimum Gasteiger partial charge on any atom is -0.481 e. The summed E-state index contributed by atoms with van der Waals surface area (Å²) >= 11 is 0. The van der Waals surface area contributed by atoms with E-state index in [1.165, 1.54) is 4.90 Å². The van der Waals surface area contributed by atoms with E-state index in [-0.39, 0.29) is 44.8 Å². The number of hydrogen-bond donors (Lipinski definition) is 5. The van der Waals surface area contributed by atoms with Gasteiger partial charge in [0.2, 0.25) is 23.6 Å². The van der Waals surface area contributed by atoms with Gasteiger partial charge in [0.25, 0.3) is 0 Å². The number of carbonyl (C=O) groups is 6. The monoisotopic (exact) mass is 637 g/mol. The average molecular weight is 638 g/mol. The Hall–Kier alpha value is -4.78. The first-order valence-corrected chi connectivity index (χ1v) is 15.3. The van der Waals surface area contributed by atoms with Crippen LogP contribution >= 0.6 is 0 Å². The predicted molar refractivity (Wildman–Crippen MR) is 168 cm³/mol. The molecular weight excluding hydrogens is 594 g/mol. The Morgan fingerprint density at radius 1 is 0.696 bits per heavy atom. The van der Waals surface area contributed by atoms with Gasteiger partial charge in [-0.2, -0.15) is 0 Å². The normalized spacial score (nSPS) is 15.3. The molecule has 13 nitrogen and oxygen atoms in total. The van der Waals surface area contributed by atoms with Gasteiger partial charge in [-0.1, -0.05) is 74.5 Å². The number of aliphatic carboxylic acids is 2. The second-order valence-electron chi connectivity index (χ2n) is 11.8. The number of nitrogens with zero attached hydrogens (tertiary/aromatic N) is 2. The minimum absolute atomic E-state index is 0.0108. The third-order valence-corrected chi connectivity index (χ3v) is 7.52. The largest absolute Gasteiger partial charge is 0.481 e. The number of amides is 4. The lowest BCUT2D eigenvalue weighted by atomic mass is 10.0. The lowest BCUT2D eigenvalue weighted by Crippen LogP contribution is -2.59. The summed E-state index contributed by atoms with van der Waals surface area (Å²) in [6.45, 7) is 4.78. The summed E-state index contributed by atoms with van der Waals surface area (Å²) in [5, 5.41) is 26.6. The van der Waals surface area contributed by atoms with Gasteiger partial charge in [0.05, 0.1) is 19.4 Å². The van der Waals surface area contributed by atoms with Gasteiger partial charge < -0.3 is 31.1 Å². The smallest absolute Gasteiger partial charge is 0.317 e. The molecule has 0 radical (unpaired) electrons. The van der Waals surface area contributed by atoms with Gasteiger partial charge in [-0.05, 0) is 23.5 Å². The van der Waals surface area contributed by atoms with Gasteiger partial charge in [-0.3, -0.25) is 33.7 Å². The van der Waals surface area contributed by atoms with Crippen molar-refractivity contribution in [1.29, 1.82) is 0 Å². The highest BCUT2D eigenvalue weighted by Gasteiger charge is 2.34. The molecule has 1 heterocycles. The molecule has 248 valence electrons. The van der Waals surface area contributed by atoms with E-state index in [2.05, 4.69) is 16.0 Å². The first-order valence-electron chi connectivity index (χ1n) is 15.3. The average Bonchev–Trinajstić information content (AvgIpc) is 3.00. The summed E-state index contributed by atoms with van der Waals surface area (Å²) in [4.78, 5) is 79.5. The topological polar surface area (TPSA) is 185 Å². The molecule has 2 aromatic carbocycles. The second kappa shape index (κ2) is 17.6. The molecule has 1 fully saturated rings. The van der Waals surface area contributed by atoms with Crippen LogP contribution < -0.4 is 16.0 Å². The first kappa shape index (κ1) is 35.7. The minimum atomic E-state index is -1.52. The van der Waals surface area contributed by atoms with Crippen LogP contribution in [-0.4, -0.2) is 106 Å².